The van der Waals surface area contributed by atoms with Crippen LogP contribution in [0.25, 0.3) is 0 Å². The number of benzene rings is 1. The van der Waals surface area contributed by atoms with Crippen molar-refractivity contribution in [1.82, 2.24) is 4.98 Å². The first-order valence-electron chi connectivity index (χ1n) is 6.70. The van der Waals surface area contributed by atoms with Gasteiger partial charge in [-0.2, -0.15) is 0 Å². The van der Waals surface area contributed by atoms with E-state index in [0.717, 1.165) is 11.4 Å². The number of nitrogens with one attached hydrogen (secondary N) is 1. The third-order valence-electron chi connectivity index (χ3n) is 2.81. The molecule has 0 saturated carbocycles. The summed E-state index contributed by atoms with van der Waals surface area (Å²) in [6, 6.07) is 10.7. The van der Waals surface area contributed by atoms with Crippen LogP contribution in [0.15, 0.2) is 36.4 Å². The Kier molecular flexibility index (Phi) is 4.42. The molecule has 21 heavy (non-hydrogen) atoms. The number of hydrogen-bond donors (Lipinski definition) is 2. The van der Waals surface area contributed by atoms with E-state index in [4.69, 9.17) is 9.84 Å². The van der Waals surface area contributed by atoms with Gasteiger partial charge in [-0.1, -0.05) is 0 Å². The van der Waals surface area contributed by atoms with Gasteiger partial charge in [0.05, 0.1) is 17.4 Å². The van der Waals surface area contributed by atoms with Crippen molar-refractivity contribution >= 4 is 17.5 Å². The normalized spacial score (nSPS) is 10.5. The van der Waals surface area contributed by atoms with Crippen molar-refractivity contribution in [2.75, 3.05) is 5.32 Å². The number of pyridine rings is 1. The van der Waals surface area contributed by atoms with Crippen LogP contribution in [-0.4, -0.2) is 22.2 Å². The Morgan fingerprint density at radius 1 is 1.19 bits per heavy atom. The number of aromatic nitrogens is 1. The van der Waals surface area contributed by atoms with Crippen molar-refractivity contribution in [2.24, 2.45) is 0 Å². The quantitative estimate of drug-likeness (QED) is 0.878. The van der Waals surface area contributed by atoms with Crippen LogP contribution in [0, 0.1) is 6.92 Å². The first kappa shape index (κ1) is 14.8. The van der Waals surface area contributed by atoms with Crippen molar-refractivity contribution in [3.05, 3.63) is 47.7 Å². The highest BCUT2D eigenvalue weighted by molar-refractivity contribution is 5.89. The SMILES string of the molecule is Cc1nc(Nc2ccc(OC(C)C)cc2)ccc1C(=O)O. The fourth-order valence-electron chi connectivity index (χ4n) is 1.89. The van der Waals surface area contributed by atoms with Gasteiger partial charge in [0.1, 0.15) is 11.6 Å². The third-order valence-corrected chi connectivity index (χ3v) is 2.81. The third kappa shape index (κ3) is 3.95. The molecule has 0 aliphatic rings. The Labute approximate surface area is 123 Å². The molecular weight excluding hydrogens is 268 g/mol. The predicted molar refractivity (Wildman–Crippen MR) is 81.4 cm³/mol. The Hall–Kier alpha value is -2.56. The highest BCUT2D eigenvalue weighted by Crippen LogP contribution is 2.20. The predicted octanol–water partition coefficient (Wildman–Crippen LogP) is 3.62. The van der Waals surface area contributed by atoms with Crippen LogP contribution < -0.4 is 10.1 Å². The summed E-state index contributed by atoms with van der Waals surface area (Å²) in [5.41, 5.74) is 1.55. The number of carboxylic acids is 1. The van der Waals surface area contributed by atoms with E-state index in [1.807, 2.05) is 38.1 Å². The molecular formula is C16H18N2O3. The van der Waals surface area contributed by atoms with Gasteiger partial charge < -0.3 is 15.2 Å². The van der Waals surface area contributed by atoms with Gasteiger partial charge in [0, 0.05) is 5.69 Å². The largest absolute Gasteiger partial charge is 0.491 e. The summed E-state index contributed by atoms with van der Waals surface area (Å²) in [6.07, 6.45) is 0.136. The summed E-state index contributed by atoms with van der Waals surface area (Å²) in [6.45, 7) is 5.62. The van der Waals surface area contributed by atoms with E-state index >= 15 is 0 Å². The number of carboxylic acid groups (broad SMARTS) is 1. The van der Waals surface area contributed by atoms with E-state index < -0.39 is 5.97 Å². The molecule has 0 atom stereocenters. The molecule has 1 aromatic heterocycles. The van der Waals surface area contributed by atoms with Crippen LogP contribution in [0.3, 0.4) is 0 Å². The van der Waals surface area contributed by atoms with Gasteiger partial charge in [-0.25, -0.2) is 9.78 Å². The highest BCUT2D eigenvalue weighted by atomic mass is 16.5. The first-order valence-corrected chi connectivity index (χ1v) is 6.70. The fraction of sp³-hybridized carbons (Fsp3) is 0.250. The number of carbonyl (C=O) groups is 1. The van der Waals surface area contributed by atoms with Gasteiger partial charge in [0.15, 0.2) is 0 Å². The molecule has 0 saturated heterocycles. The van der Waals surface area contributed by atoms with Crippen LogP contribution in [0.1, 0.15) is 29.9 Å². The summed E-state index contributed by atoms with van der Waals surface area (Å²) in [7, 11) is 0. The smallest absolute Gasteiger partial charge is 0.337 e. The van der Waals surface area contributed by atoms with Crippen LogP contribution in [0.2, 0.25) is 0 Å². The lowest BCUT2D eigenvalue weighted by molar-refractivity contribution is 0.0695. The minimum absolute atomic E-state index is 0.136. The second-order valence-electron chi connectivity index (χ2n) is 4.95. The lowest BCUT2D eigenvalue weighted by Gasteiger charge is -2.11. The molecule has 0 radical (unpaired) electrons. The molecule has 5 heteroatoms. The van der Waals surface area contributed by atoms with E-state index in [0.29, 0.717) is 11.5 Å². The zero-order valence-corrected chi connectivity index (χ0v) is 12.3. The van der Waals surface area contributed by atoms with E-state index in [2.05, 4.69) is 10.3 Å². The van der Waals surface area contributed by atoms with Gasteiger partial charge in [-0.3, -0.25) is 0 Å². The Morgan fingerprint density at radius 3 is 2.38 bits per heavy atom. The maximum atomic E-state index is 10.9. The summed E-state index contributed by atoms with van der Waals surface area (Å²) in [5, 5.41) is 12.1. The first-order chi connectivity index (χ1) is 9.95. The Morgan fingerprint density at radius 2 is 1.86 bits per heavy atom. The molecule has 0 spiro atoms. The zero-order chi connectivity index (χ0) is 15.4. The zero-order valence-electron chi connectivity index (χ0n) is 12.3. The minimum Gasteiger partial charge on any atom is -0.491 e. The number of nitrogens with zero attached hydrogens (tertiary/aromatic N) is 1. The molecule has 0 aliphatic carbocycles. The van der Waals surface area contributed by atoms with Crippen molar-refractivity contribution in [1.29, 1.82) is 0 Å². The molecule has 0 amide bonds. The fourth-order valence-corrected chi connectivity index (χ4v) is 1.89. The van der Waals surface area contributed by atoms with E-state index in [-0.39, 0.29) is 11.7 Å². The van der Waals surface area contributed by atoms with Crippen LogP contribution in [0.4, 0.5) is 11.5 Å². The topological polar surface area (TPSA) is 71.5 Å². The number of hydrogen-bond acceptors (Lipinski definition) is 4. The molecule has 110 valence electrons. The molecule has 1 aromatic carbocycles. The molecule has 2 N–H and O–H groups in total. The summed E-state index contributed by atoms with van der Waals surface area (Å²) in [5.74, 6) is 0.442. The Balaban J connectivity index is 2.11. The minimum atomic E-state index is -0.971. The van der Waals surface area contributed by atoms with Crippen molar-refractivity contribution in [3.8, 4) is 5.75 Å². The number of rotatable bonds is 5. The molecule has 5 nitrogen and oxygen atoms in total. The van der Waals surface area contributed by atoms with Crippen molar-refractivity contribution in [2.45, 2.75) is 26.9 Å². The summed E-state index contributed by atoms with van der Waals surface area (Å²) in [4.78, 5) is 15.2. The van der Waals surface area contributed by atoms with Crippen LogP contribution in [-0.2, 0) is 0 Å². The van der Waals surface area contributed by atoms with E-state index in [1.165, 1.54) is 0 Å². The maximum absolute atomic E-state index is 10.9. The van der Waals surface area contributed by atoms with Crippen molar-refractivity contribution < 1.29 is 14.6 Å². The molecule has 0 unspecified atom stereocenters. The van der Waals surface area contributed by atoms with Crippen LogP contribution in [0.5, 0.6) is 5.75 Å². The number of aromatic carboxylic acids is 1. The standard InChI is InChI=1S/C16H18N2O3/c1-10(2)21-13-6-4-12(5-7-13)18-15-9-8-14(16(19)20)11(3)17-15/h4-10H,1-3H3,(H,17,18)(H,19,20). The van der Waals surface area contributed by atoms with E-state index in [9.17, 15) is 4.79 Å². The van der Waals surface area contributed by atoms with Gasteiger partial charge in [0.25, 0.3) is 0 Å². The monoisotopic (exact) mass is 286 g/mol. The Bertz CT molecular complexity index is 636. The summed E-state index contributed by atoms with van der Waals surface area (Å²) < 4.78 is 5.57. The van der Waals surface area contributed by atoms with Gasteiger partial charge in [-0.05, 0) is 57.2 Å². The van der Waals surface area contributed by atoms with Crippen LogP contribution >= 0.6 is 0 Å². The molecule has 0 fully saturated rings. The lowest BCUT2D eigenvalue weighted by atomic mass is 10.2. The number of aryl methyl sites for hydroxylation is 1. The highest BCUT2D eigenvalue weighted by Gasteiger charge is 2.08. The summed E-state index contributed by atoms with van der Waals surface area (Å²) >= 11 is 0. The van der Waals surface area contributed by atoms with Gasteiger partial charge in [0.2, 0.25) is 0 Å². The van der Waals surface area contributed by atoms with E-state index in [1.54, 1.807) is 19.1 Å². The second-order valence-corrected chi connectivity index (χ2v) is 4.95. The second kappa shape index (κ2) is 6.26. The van der Waals surface area contributed by atoms with Gasteiger partial charge in [-0.15, -0.1) is 0 Å². The average molecular weight is 286 g/mol. The number of anilines is 2. The maximum Gasteiger partial charge on any atom is 0.337 e. The molecule has 0 aliphatic heterocycles. The van der Waals surface area contributed by atoms with Gasteiger partial charge >= 0.3 is 5.97 Å². The molecule has 1 heterocycles. The lowest BCUT2D eigenvalue weighted by Crippen LogP contribution is -2.05. The molecule has 2 aromatic rings. The number of ether oxygens (including phenoxy) is 1. The average Bonchev–Trinajstić information content (AvgIpc) is 2.40. The molecule has 2 rings (SSSR count). The van der Waals surface area contributed by atoms with Crippen molar-refractivity contribution in [3.63, 3.8) is 0 Å². The molecule has 0 bridgehead atoms.